The maximum absolute atomic E-state index is 12.5. The Bertz CT molecular complexity index is 987. The molecule has 0 atom stereocenters. The molecule has 1 aliphatic heterocycles. The predicted molar refractivity (Wildman–Crippen MR) is 112 cm³/mol. The Balaban J connectivity index is 1.89. The number of carbonyl (C=O) groups is 2. The van der Waals surface area contributed by atoms with Crippen LogP contribution >= 0.6 is 34.4 Å². The van der Waals surface area contributed by atoms with E-state index < -0.39 is 5.97 Å². The van der Waals surface area contributed by atoms with Crippen LogP contribution in [0.15, 0.2) is 52.4 Å². The molecular weight excluding hydrogens is 479 g/mol. The summed E-state index contributed by atoms with van der Waals surface area (Å²) >= 11 is 3.41. The van der Waals surface area contributed by atoms with Crippen molar-refractivity contribution < 1.29 is 19.4 Å². The maximum atomic E-state index is 12.5. The first-order chi connectivity index (χ1) is 12.9. The third kappa shape index (κ3) is 4.33. The Morgan fingerprint density at radius 2 is 2.07 bits per heavy atom. The summed E-state index contributed by atoms with van der Waals surface area (Å²) in [6.45, 7) is 0. The van der Waals surface area contributed by atoms with E-state index in [4.69, 9.17) is 4.74 Å². The molecule has 6 nitrogen and oxygen atoms in total. The number of rotatable bonds is 4. The third-order valence-electron chi connectivity index (χ3n) is 3.78. The topological polar surface area (TPSA) is 82.0 Å². The number of halogens is 1. The van der Waals surface area contributed by atoms with Crippen molar-refractivity contribution in [1.29, 1.82) is 0 Å². The lowest BCUT2D eigenvalue weighted by Crippen LogP contribution is -2.23. The maximum Gasteiger partial charge on any atom is 0.266 e. The zero-order valence-corrected chi connectivity index (χ0v) is 17.4. The van der Waals surface area contributed by atoms with Crippen LogP contribution < -0.4 is 9.84 Å². The van der Waals surface area contributed by atoms with Gasteiger partial charge in [-0.15, -0.1) is 0 Å². The van der Waals surface area contributed by atoms with Crippen molar-refractivity contribution in [2.75, 3.05) is 14.2 Å². The largest absolute Gasteiger partial charge is 0.545 e. The van der Waals surface area contributed by atoms with Crippen molar-refractivity contribution in [1.82, 2.24) is 4.90 Å². The van der Waals surface area contributed by atoms with Gasteiger partial charge in [0.2, 0.25) is 0 Å². The number of hydrogen-bond acceptors (Lipinski definition) is 6. The number of carboxylic acids is 1. The molecule has 1 fully saturated rings. The first kappa shape index (κ1) is 19.4. The van der Waals surface area contributed by atoms with Crippen molar-refractivity contribution in [3.05, 3.63) is 62.1 Å². The van der Waals surface area contributed by atoms with Crippen molar-refractivity contribution >= 4 is 63.2 Å². The molecule has 0 aliphatic carbocycles. The Labute approximate surface area is 174 Å². The van der Waals surface area contributed by atoms with Crippen LogP contribution in [0.3, 0.4) is 0 Å². The van der Waals surface area contributed by atoms with E-state index in [-0.39, 0.29) is 11.5 Å². The number of methoxy groups -OCH3 is 1. The number of amidine groups is 1. The van der Waals surface area contributed by atoms with Gasteiger partial charge in [0, 0.05) is 7.05 Å². The van der Waals surface area contributed by atoms with E-state index in [0.29, 0.717) is 15.8 Å². The number of carboxylic acid groups (broad SMARTS) is 1. The lowest BCUT2D eigenvalue weighted by atomic mass is 10.2. The summed E-state index contributed by atoms with van der Waals surface area (Å²) in [6, 6.07) is 11.8. The van der Waals surface area contributed by atoms with Crippen LogP contribution in [-0.2, 0) is 4.79 Å². The fourth-order valence-electron chi connectivity index (χ4n) is 2.39. The molecule has 0 spiro atoms. The van der Waals surface area contributed by atoms with Crippen molar-refractivity contribution in [3.8, 4) is 5.75 Å². The average Bonchev–Trinajstić information content (AvgIpc) is 2.90. The molecule has 1 saturated heterocycles. The average molecular weight is 493 g/mol. The highest BCUT2D eigenvalue weighted by Gasteiger charge is 2.30. The fraction of sp³-hybridized carbons (Fsp3) is 0.105. The van der Waals surface area contributed by atoms with Crippen LogP contribution in [0.25, 0.3) is 6.08 Å². The van der Waals surface area contributed by atoms with Crippen molar-refractivity contribution in [3.63, 3.8) is 0 Å². The molecule has 3 rings (SSSR count). The van der Waals surface area contributed by atoms with Gasteiger partial charge in [0.25, 0.3) is 5.91 Å². The van der Waals surface area contributed by atoms with Crippen LogP contribution in [0.2, 0.25) is 0 Å². The highest BCUT2D eigenvalue weighted by Crippen LogP contribution is 2.34. The Hall–Kier alpha value is -2.33. The summed E-state index contributed by atoms with van der Waals surface area (Å²) in [4.78, 5) is 29.9. The van der Waals surface area contributed by atoms with Crippen molar-refractivity contribution in [2.24, 2.45) is 4.99 Å². The smallest absolute Gasteiger partial charge is 0.266 e. The van der Waals surface area contributed by atoms with Gasteiger partial charge < -0.3 is 14.6 Å². The third-order valence-corrected chi connectivity index (χ3v) is 5.69. The molecule has 1 aliphatic rings. The monoisotopic (exact) mass is 493 g/mol. The van der Waals surface area contributed by atoms with Gasteiger partial charge in [-0.2, -0.15) is 0 Å². The molecule has 0 saturated carbocycles. The molecule has 0 aromatic heterocycles. The Morgan fingerprint density at radius 3 is 2.74 bits per heavy atom. The second-order valence-electron chi connectivity index (χ2n) is 5.60. The number of aromatic carboxylic acids is 1. The molecule has 1 amide bonds. The lowest BCUT2D eigenvalue weighted by molar-refractivity contribution is -0.255. The van der Waals surface area contributed by atoms with Gasteiger partial charge >= 0.3 is 0 Å². The number of thioether (sulfide) groups is 1. The summed E-state index contributed by atoms with van der Waals surface area (Å²) in [7, 11) is 3.24. The predicted octanol–water partition coefficient (Wildman–Crippen LogP) is 2.90. The first-order valence-corrected chi connectivity index (χ1v) is 9.70. The van der Waals surface area contributed by atoms with Crippen LogP contribution in [0, 0.1) is 3.57 Å². The Morgan fingerprint density at radius 1 is 1.30 bits per heavy atom. The number of ether oxygens (including phenoxy) is 1. The van der Waals surface area contributed by atoms with E-state index >= 15 is 0 Å². The highest BCUT2D eigenvalue weighted by molar-refractivity contribution is 14.1. The van der Waals surface area contributed by atoms with Crippen LogP contribution in [0.4, 0.5) is 5.69 Å². The molecule has 138 valence electrons. The summed E-state index contributed by atoms with van der Waals surface area (Å²) < 4.78 is 6.19. The molecular formula is C19H14IN2O4S-. The quantitative estimate of drug-likeness (QED) is 0.484. The standard InChI is InChI=1S/C19H15IN2O4S/c1-22-17(23)16(9-11-6-7-15(26-2)14(20)8-11)27-19(22)21-13-5-3-4-12(10-13)18(24)25/h3-10H,1-2H3,(H,24,25)/p-1/b16-9-,21-19?. The van der Waals surface area contributed by atoms with E-state index in [1.54, 1.807) is 32.4 Å². The number of amides is 1. The minimum absolute atomic E-state index is 0.0393. The van der Waals surface area contributed by atoms with Gasteiger partial charge in [-0.1, -0.05) is 18.2 Å². The number of aliphatic imine (C=N–C) groups is 1. The van der Waals surface area contributed by atoms with Crippen LogP contribution in [0.5, 0.6) is 5.75 Å². The van der Waals surface area contributed by atoms with Gasteiger partial charge in [0.05, 0.1) is 27.2 Å². The van der Waals surface area contributed by atoms with E-state index in [1.165, 1.54) is 28.8 Å². The van der Waals surface area contributed by atoms with Crippen molar-refractivity contribution in [2.45, 2.75) is 0 Å². The molecule has 0 unspecified atom stereocenters. The highest BCUT2D eigenvalue weighted by atomic mass is 127. The second-order valence-corrected chi connectivity index (χ2v) is 7.77. The molecule has 1 heterocycles. The zero-order valence-electron chi connectivity index (χ0n) is 14.4. The van der Waals surface area contributed by atoms with Gasteiger partial charge in [-0.25, -0.2) is 4.99 Å². The molecule has 8 heteroatoms. The molecule has 0 radical (unpaired) electrons. The number of benzene rings is 2. The van der Waals surface area contributed by atoms with Crippen LogP contribution in [0.1, 0.15) is 15.9 Å². The van der Waals surface area contributed by atoms with Gasteiger partial charge in [-0.05, 0) is 75.8 Å². The fourth-order valence-corrected chi connectivity index (χ4v) is 4.13. The molecule has 0 bridgehead atoms. The SMILES string of the molecule is COc1ccc(/C=C2\SC(=Nc3cccc(C(=O)[O-])c3)N(C)C2=O)cc1I. The number of nitrogens with zero attached hydrogens (tertiary/aromatic N) is 2. The van der Waals surface area contributed by atoms with E-state index in [1.807, 2.05) is 18.2 Å². The summed E-state index contributed by atoms with van der Waals surface area (Å²) in [5.41, 5.74) is 1.36. The van der Waals surface area contributed by atoms with Gasteiger partial charge in [-0.3, -0.25) is 9.69 Å². The Kier molecular flexibility index (Phi) is 5.85. The summed E-state index contributed by atoms with van der Waals surface area (Å²) in [5.74, 6) is -0.661. The van der Waals surface area contributed by atoms with E-state index in [9.17, 15) is 14.7 Å². The molecule has 27 heavy (non-hydrogen) atoms. The lowest BCUT2D eigenvalue weighted by Gasteiger charge is -2.08. The minimum Gasteiger partial charge on any atom is -0.545 e. The molecule has 2 aromatic carbocycles. The number of hydrogen-bond donors (Lipinski definition) is 0. The van der Waals surface area contributed by atoms with Gasteiger partial charge in [0.1, 0.15) is 5.75 Å². The number of carbonyl (C=O) groups excluding carboxylic acids is 2. The van der Waals surface area contributed by atoms with Gasteiger partial charge in [0.15, 0.2) is 5.17 Å². The molecule has 2 aromatic rings. The zero-order chi connectivity index (χ0) is 19.6. The van der Waals surface area contributed by atoms with Crippen LogP contribution in [-0.4, -0.2) is 36.1 Å². The van der Waals surface area contributed by atoms with E-state index in [0.717, 1.165) is 14.9 Å². The molecule has 0 N–H and O–H groups in total. The number of likely N-dealkylation sites (N-methyl/N-ethyl adjacent to an activating group) is 1. The first-order valence-electron chi connectivity index (χ1n) is 7.80. The minimum atomic E-state index is -1.27. The second kappa shape index (κ2) is 8.13. The summed E-state index contributed by atoms with van der Waals surface area (Å²) in [6.07, 6.45) is 1.80. The van der Waals surface area contributed by atoms with E-state index in [2.05, 4.69) is 27.6 Å². The normalized spacial score (nSPS) is 17.0. The summed E-state index contributed by atoms with van der Waals surface area (Å²) in [5, 5.41) is 11.5.